The quantitative estimate of drug-likeness (QED) is 0.753. The van der Waals surface area contributed by atoms with Crippen molar-refractivity contribution in [3.05, 3.63) is 29.6 Å². The molecule has 0 saturated carbocycles. The van der Waals surface area contributed by atoms with Crippen molar-refractivity contribution >= 4 is 9.84 Å². The Balaban J connectivity index is 2.74. The summed E-state index contributed by atoms with van der Waals surface area (Å²) in [6, 6.07) is 3.42. The highest BCUT2D eigenvalue weighted by molar-refractivity contribution is 7.92. The van der Waals surface area contributed by atoms with E-state index in [1.807, 2.05) is 0 Å². The van der Waals surface area contributed by atoms with E-state index < -0.39 is 20.9 Å². The molecule has 3 atom stereocenters. The van der Waals surface area contributed by atoms with Crippen LogP contribution in [0.1, 0.15) is 25.5 Å². The number of rotatable bonds is 0. The summed E-state index contributed by atoms with van der Waals surface area (Å²) >= 11 is 0. The Hall–Kier alpha value is -0.940. The maximum atomic E-state index is 13.1. The molecule has 2 rings (SSSR count). The molecular formula is C11H14FNO2S. The Kier molecular flexibility index (Phi) is 2.55. The van der Waals surface area contributed by atoms with E-state index in [9.17, 15) is 12.8 Å². The van der Waals surface area contributed by atoms with Gasteiger partial charge in [-0.1, -0.05) is 13.0 Å². The minimum Gasteiger partial charge on any atom is -0.324 e. The average Bonchev–Trinajstić information content (AvgIpc) is 2.24. The summed E-state index contributed by atoms with van der Waals surface area (Å²) in [4.78, 5) is 0.0469. The van der Waals surface area contributed by atoms with Crippen LogP contribution in [-0.4, -0.2) is 13.7 Å². The van der Waals surface area contributed by atoms with Crippen molar-refractivity contribution < 1.29 is 12.8 Å². The molecule has 0 amide bonds. The minimum absolute atomic E-state index is 0.0469. The van der Waals surface area contributed by atoms with Gasteiger partial charge in [-0.15, -0.1) is 0 Å². The maximum Gasteiger partial charge on any atom is 0.181 e. The van der Waals surface area contributed by atoms with Crippen LogP contribution < -0.4 is 5.73 Å². The van der Waals surface area contributed by atoms with E-state index in [0.717, 1.165) is 6.07 Å². The van der Waals surface area contributed by atoms with Gasteiger partial charge in [0.15, 0.2) is 9.84 Å². The van der Waals surface area contributed by atoms with Crippen molar-refractivity contribution in [2.24, 2.45) is 11.7 Å². The molecular weight excluding hydrogens is 229 g/mol. The van der Waals surface area contributed by atoms with E-state index in [-0.39, 0.29) is 16.9 Å². The van der Waals surface area contributed by atoms with Crippen LogP contribution in [0.2, 0.25) is 0 Å². The molecule has 1 aromatic rings. The topological polar surface area (TPSA) is 60.2 Å². The zero-order valence-corrected chi connectivity index (χ0v) is 9.96. The second kappa shape index (κ2) is 3.53. The normalized spacial score (nSPS) is 32.1. The summed E-state index contributed by atoms with van der Waals surface area (Å²) in [5, 5.41) is -0.572. The predicted molar refractivity (Wildman–Crippen MR) is 59.1 cm³/mol. The number of sulfone groups is 1. The van der Waals surface area contributed by atoms with Crippen LogP contribution >= 0.6 is 0 Å². The fourth-order valence-electron chi connectivity index (χ4n) is 2.09. The highest BCUT2D eigenvalue weighted by Gasteiger charge is 2.40. The number of fused-ring (bicyclic) bond motifs is 1. The first-order valence-electron chi connectivity index (χ1n) is 5.14. The van der Waals surface area contributed by atoms with Crippen LogP contribution in [0.25, 0.3) is 0 Å². The average molecular weight is 243 g/mol. The molecule has 3 unspecified atom stereocenters. The highest BCUT2D eigenvalue weighted by atomic mass is 32.2. The van der Waals surface area contributed by atoms with Gasteiger partial charge in [-0.3, -0.25) is 0 Å². The molecule has 16 heavy (non-hydrogen) atoms. The summed E-state index contributed by atoms with van der Waals surface area (Å²) in [5.74, 6) is -0.709. The minimum atomic E-state index is -3.45. The predicted octanol–water partition coefficient (Wildman–Crippen LogP) is 1.64. The van der Waals surface area contributed by atoms with E-state index in [4.69, 9.17) is 5.73 Å². The molecule has 0 radical (unpaired) electrons. The lowest BCUT2D eigenvalue weighted by Gasteiger charge is -2.33. The lowest BCUT2D eigenvalue weighted by molar-refractivity contribution is 0.423. The molecule has 0 fully saturated rings. The molecule has 0 spiro atoms. The Morgan fingerprint density at radius 3 is 2.56 bits per heavy atom. The summed E-state index contributed by atoms with van der Waals surface area (Å²) in [6.07, 6.45) is 0. The molecule has 2 N–H and O–H groups in total. The third-order valence-electron chi connectivity index (χ3n) is 3.44. The molecule has 3 nitrogen and oxygen atoms in total. The van der Waals surface area contributed by atoms with Crippen LogP contribution in [0.4, 0.5) is 4.39 Å². The van der Waals surface area contributed by atoms with E-state index >= 15 is 0 Å². The van der Waals surface area contributed by atoms with Gasteiger partial charge in [0.2, 0.25) is 0 Å². The zero-order chi connectivity index (χ0) is 12.1. The van der Waals surface area contributed by atoms with Crippen molar-refractivity contribution in [1.29, 1.82) is 0 Å². The van der Waals surface area contributed by atoms with E-state index in [0.29, 0.717) is 5.56 Å². The lowest BCUT2D eigenvalue weighted by atomic mass is 9.92. The SMILES string of the molecule is CC1C(N)c2ccc(F)cc2S(=O)(=O)C1C. The third-order valence-corrected chi connectivity index (χ3v) is 5.81. The molecule has 1 heterocycles. The summed E-state index contributed by atoms with van der Waals surface area (Å²) in [5.41, 5.74) is 6.48. The van der Waals surface area contributed by atoms with E-state index in [1.165, 1.54) is 12.1 Å². The number of hydrogen-bond acceptors (Lipinski definition) is 3. The van der Waals surface area contributed by atoms with Gasteiger partial charge in [-0.05, 0) is 30.5 Å². The van der Waals surface area contributed by atoms with Gasteiger partial charge in [0, 0.05) is 6.04 Å². The van der Waals surface area contributed by atoms with Gasteiger partial charge in [-0.2, -0.15) is 0 Å². The number of hydrogen-bond donors (Lipinski definition) is 1. The van der Waals surface area contributed by atoms with Crippen molar-refractivity contribution in [3.8, 4) is 0 Å². The Morgan fingerprint density at radius 2 is 1.94 bits per heavy atom. The Bertz CT molecular complexity index is 527. The number of halogens is 1. The Morgan fingerprint density at radius 1 is 1.31 bits per heavy atom. The van der Waals surface area contributed by atoms with Gasteiger partial charge in [-0.25, -0.2) is 12.8 Å². The summed E-state index contributed by atoms with van der Waals surface area (Å²) < 4.78 is 37.3. The van der Waals surface area contributed by atoms with Gasteiger partial charge < -0.3 is 5.73 Å². The van der Waals surface area contributed by atoms with Crippen LogP contribution in [0.15, 0.2) is 23.1 Å². The summed E-state index contributed by atoms with van der Waals surface area (Å²) in [6.45, 7) is 3.42. The fraction of sp³-hybridized carbons (Fsp3) is 0.455. The van der Waals surface area contributed by atoms with E-state index in [1.54, 1.807) is 13.8 Å². The first-order chi connectivity index (χ1) is 7.35. The summed E-state index contributed by atoms with van der Waals surface area (Å²) in [7, 11) is -3.45. The molecule has 0 bridgehead atoms. The second-order valence-electron chi connectivity index (χ2n) is 4.32. The smallest absolute Gasteiger partial charge is 0.181 e. The number of nitrogens with two attached hydrogens (primary N) is 1. The fourth-order valence-corrected chi connectivity index (χ4v) is 4.03. The molecule has 5 heteroatoms. The van der Waals surface area contributed by atoms with E-state index in [2.05, 4.69) is 0 Å². The molecule has 0 saturated heterocycles. The van der Waals surface area contributed by atoms with Gasteiger partial charge >= 0.3 is 0 Å². The molecule has 0 aliphatic carbocycles. The first kappa shape index (κ1) is 11.5. The molecule has 88 valence electrons. The van der Waals surface area contributed by atoms with Crippen molar-refractivity contribution in [2.45, 2.75) is 30.0 Å². The van der Waals surface area contributed by atoms with Crippen molar-refractivity contribution in [1.82, 2.24) is 0 Å². The lowest BCUT2D eigenvalue weighted by Crippen LogP contribution is -2.39. The first-order valence-corrected chi connectivity index (χ1v) is 6.69. The van der Waals surface area contributed by atoms with Crippen LogP contribution in [-0.2, 0) is 9.84 Å². The van der Waals surface area contributed by atoms with Crippen molar-refractivity contribution in [2.75, 3.05) is 0 Å². The molecule has 0 aromatic heterocycles. The van der Waals surface area contributed by atoms with Gasteiger partial charge in [0.1, 0.15) is 5.82 Å². The largest absolute Gasteiger partial charge is 0.324 e. The molecule has 1 aliphatic rings. The van der Waals surface area contributed by atoms with Gasteiger partial charge in [0.05, 0.1) is 10.1 Å². The standard InChI is InChI=1S/C11H14FNO2S/c1-6-7(2)16(14,15)10-5-8(12)3-4-9(10)11(6)13/h3-7,11H,13H2,1-2H3. The third kappa shape index (κ3) is 1.46. The maximum absolute atomic E-state index is 13.1. The molecule has 1 aliphatic heterocycles. The Labute approximate surface area is 94.4 Å². The zero-order valence-electron chi connectivity index (χ0n) is 9.14. The van der Waals surface area contributed by atoms with Gasteiger partial charge in [0.25, 0.3) is 0 Å². The molecule has 1 aromatic carbocycles. The number of benzene rings is 1. The van der Waals surface area contributed by atoms with Crippen molar-refractivity contribution in [3.63, 3.8) is 0 Å². The monoisotopic (exact) mass is 243 g/mol. The second-order valence-corrected chi connectivity index (χ2v) is 6.59. The van der Waals surface area contributed by atoms with Crippen LogP contribution in [0.5, 0.6) is 0 Å². The van der Waals surface area contributed by atoms with Crippen LogP contribution in [0, 0.1) is 11.7 Å². The van der Waals surface area contributed by atoms with Crippen LogP contribution in [0.3, 0.4) is 0 Å². The highest BCUT2D eigenvalue weighted by Crippen LogP contribution is 2.38.